The van der Waals surface area contributed by atoms with Crippen molar-refractivity contribution in [2.45, 2.75) is 136 Å². The van der Waals surface area contributed by atoms with Gasteiger partial charge in [-0.1, -0.05) is 58.8 Å². The van der Waals surface area contributed by atoms with Crippen molar-refractivity contribution >= 4 is 28.2 Å². The number of unbranched alkanes of at least 4 members (excludes halogenated alkanes) is 15. The van der Waals surface area contributed by atoms with E-state index in [1.807, 2.05) is 0 Å². The first-order valence-electron chi connectivity index (χ1n) is 15.7. The van der Waals surface area contributed by atoms with Gasteiger partial charge in [0, 0.05) is 0 Å². The Morgan fingerprint density at radius 2 is 0.674 bits per heavy atom. The van der Waals surface area contributed by atoms with Crippen LogP contribution >= 0.6 is 0 Å². The van der Waals surface area contributed by atoms with Crippen molar-refractivity contribution in [3.63, 3.8) is 0 Å². The molecule has 0 unspecified atom stereocenters. The second-order valence-corrected chi connectivity index (χ2v) is 9.98. The van der Waals surface area contributed by atoms with Gasteiger partial charge in [-0.05, 0) is 20.8 Å². The molecule has 248 valence electrons. The summed E-state index contributed by atoms with van der Waals surface area (Å²) < 4.78 is 13.3. The summed E-state index contributed by atoms with van der Waals surface area (Å²) in [5, 5.41) is 29.3. The third-order valence-electron chi connectivity index (χ3n) is 5.67. The number of hydrogen-bond acceptors (Lipinski definition) is 9. The van der Waals surface area contributed by atoms with Gasteiger partial charge in [0.25, 0.3) is 0 Å². The van der Waals surface area contributed by atoms with Crippen LogP contribution in [-0.4, -0.2) is 48.0 Å². The van der Waals surface area contributed by atoms with Gasteiger partial charge in [-0.15, -0.1) is 0 Å². The number of carboxylic acids is 3. The predicted octanol–water partition coefficient (Wildman–Crippen LogP) is 4.69. The van der Waals surface area contributed by atoms with Gasteiger partial charge in [0.1, 0.15) is 35.2 Å². The molecule has 0 saturated heterocycles. The van der Waals surface area contributed by atoms with E-state index in [0.717, 1.165) is 0 Å². The van der Waals surface area contributed by atoms with Crippen molar-refractivity contribution in [3.05, 3.63) is 37.0 Å². The van der Waals surface area contributed by atoms with Gasteiger partial charge in [0.05, 0.1) is 19.8 Å². The van der Waals surface area contributed by atoms with Crippen LogP contribution in [0.15, 0.2) is 37.0 Å². The standard InChI is InChI=1S/C18H37Si.3C5H8O3/c1-2-3-4-5-6-7-8-9-10-11-12-13-14-15-16-17-18-19;3*1-3-8-4(2)5(6)7/h2-18H2,1H3;3*2-3H2,1H3,(H,6,7)/q+3;;;/p-3. The molecule has 0 aromatic heterocycles. The van der Waals surface area contributed by atoms with Crippen molar-refractivity contribution in [2.24, 2.45) is 0 Å². The molecule has 0 bridgehead atoms. The fourth-order valence-corrected chi connectivity index (χ4v) is 3.62. The van der Waals surface area contributed by atoms with Crippen molar-refractivity contribution in [2.75, 3.05) is 19.8 Å². The molecule has 0 atom stereocenters. The molecule has 0 amide bonds. The molecule has 0 aromatic rings. The summed E-state index contributed by atoms with van der Waals surface area (Å²) >= 11 is 0. The van der Waals surface area contributed by atoms with Gasteiger partial charge in [-0.25, -0.2) is 0 Å². The van der Waals surface area contributed by atoms with Crippen LogP contribution in [0.4, 0.5) is 0 Å². The van der Waals surface area contributed by atoms with E-state index in [2.05, 4.69) is 51.1 Å². The maximum absolute atomic E-state index is 9.75. The Morgan fingerprint density at radius 1 is 0.465 bits per heavy atom. The molecule has 0 aliphatic rings. The van der Waals surface area contributed by atoms with Crippen molar-refractivity contribution in [1.82, 2.24) is 0 Å². The van der Waals surface area contributed by atoms with Crippen LogP contribution in [0.3, 0.4) is 0 Å². The van der Waals surface area contributed by atoms with E-state index in [1.165, 1.54) is 109 Å². The number of carbonyl (C=O) groups excluding carboxylic acids is 3. The van der Waals surface area contributed by atoms with Crippen LogP contribution < -0.4 is 15.3 Å². The number of ether oxygens (including phenoxy) is 3. The van der Waals surface area contributed by atoms with Crippen LogP contribution in [0.25, 0.3) is 0 Å². The van der Waals surface area contributed by atoms with E-state index < -0.39 is 17.9 Å². The predicted molar refractivity (Wildman–Crippen MR) is 167 cm³/mol. The zero-order valence-electron chi connectivity index (χ0n) is 27.4. The second-order valence-electron chi connectivity index (χ2n) is 9.48. The molecule has 0 saturated carbocycles. The molecule has 43 heavy (non-hydrogen) atoms. The molecule has 0 N–H and O–H groups in total. The Morgan fingerprint density at radius 3 is 0.814 bits per heavy atom. The van der Waals surface area contributed by atoms with E-state index in [-0.39, 0.29) is 17.3 Å². The molecule has 0 rings (SSSR count). The first-order valence-corrected chi connectivity index (χ1v) is 16.4. The summed E-state index contributed by atoms with van der Waals surface area (Å²) in [7, 11) is 3.53. The third kappa shape index (κ3) is 46.4. The zero-order chi connectivity index (χ0) is 33.7. The summed E-state index contributed by atoms with van der Waals surface area (Å²) in [4.78, 5) is 29.3. The van der Waals surface area contributed by atoms with Crippen molar-refractivity contribution in [1.29, 1.82) is 0 Å². The van der Waals surface area contributed by atoms with Gasteiger partial charge in [0.15, 0.2) is 0 Å². The first-order chi connectivity index (χ1) is 20.5. The fraction of sp³-hybridized carbons (Fsp3) is 0.727. The Labute approximate surface area is 265 Å². The van der Waals surface area contributed by atoms with Crippen LogP contribution in [-0.2, 0) is 28.6 Å². The van der Waals surface area contributed by atoms with Gasteiger partial charge < -0.3 is 43.9 Å². The van der Waals surface area contributed by atoms with E-state index >= 15 is 0 Å². The third-order valence-corrected chi connectivity index (χ3v) is 6.02. The summed E-state index contributed by atoms with van der Waals surface area (Å²) in [6.45, 7) is 17.4. The molecular weight excluding hydrogens is 568 g/mol. The SMILES string of the molecule is C=C(OCC)C(=O)[O-].C=C(OCC)C(=O)[O-].C=C(OCC)C(=O)[O-].CCCCCCCCCCCCCCCCCC[Si+3]. The Balaban J connectivity index is -0.000000263. The van der Waals surface area contributed by atoms with E-state index in [4.69, 9.17) is 0 Å². The normalized spacial score (nSPS) is 9.44. The number of rotatable bonds is 25. The summed E-state index contributed by atoms with van der Waals surface area (Å²) in [6.07, 6.45) is 23.3. The molecule has 0 fully saturated rings. The molecule has 0 spiro atoms. The second kappa shape index (κ2) is 39.2. The monoisotopic (exact) mass is 626 g/mol. The van der Waals surface area contributed by atoms with E-state index in [9.17, 15) is 29.7 Å². The molecule has 10 heteroatoms. The van der Waals surface area contributed by atoms with Gasteiger partial charge in [-0.2, -0.15) is 0 Å². The minimum absolute atomic E-state index is 0.312. The van der Waals surface area contributed by atoms with Gasteiger partial charge in [-0.3, -0.25) is 0 Å². The van der Waals surface area contributed by atoms with Crippen LogP contribution in [0, 0.1) is 0 Å². The topological polar surface area (TPSA) is 148 Å². The maximum atomic E-state index is 9.75. The van der Waals surface area contributed by atoms with Gasteiger partial charge in [0.2, 0.25) is 0 Å². The van der Waals surface area contributed by atoms with E-state index in [0.29, 0.717) is 19.8 Å². The number of hydrogen-bond donors (Lipinski definition) is 0. The quantitative estimate of drug-likeness (QED) is 0.0609. The average Bonchev–Trinajstić information content (AvgIpc) is 2.96. The van der Waals surface area contributed by atoms with E-state index in [1.54, 1.807) is 20.8 Å². The molecule has 0 aliphatic carbocycles. The summed E-state index contributed by atoms with van der Waals surface area (Å²) in [5.41, 5.74) is 0. The summed E-state index contributed by atoms with van der Waals surface area (Å²) in [5.74, 6) is -5.00. The van der Waals surface area contributed by atoms with Gasteiger partial charge >= 0.3 is 86.9 Å². The Kier molecular flexibility index (Phi) is 43.1. The zero-order valence-corrected chi connectivity index (χ0v) is 28.4. The molecule has 9 nitrogen and oxygen atoms in total. The number of aliphatic carboxylic acids is 3. The number of carboxylic acid groups (broad SMARTS) is 3. The molecule has 0 radical (unpaired) electrons. The minimum atomic E-state index is -1.35. The molecular formula is C33H58O9Si. The van der Waals surface area contributed by atoms with Crippen LogP contribution in [0.5, 0.6) is 0 Å². The van der Waals surface area contributed by atoms with Crippen molar-refractivity contribution < 1.29 is 43.9 Å². The van der Waals surface area contributed by atoms with Crippen LogP contribution in [0.1, 0.15) is 130 Å². The fourth-order valence-electron chi connectivity index (χ4n) is 3.37. The van der Waals surface area contributed by atoms with Crippen LogP contribution in [0.2, 0.25) is 6.04 Å². The van der Waals surface area contributed by atoms with Crippen molar-refractivity contribution in [3.8, 4) is 0 Å². The Bertz CT molecular complexity index is 626. The average molecular weight is 627 g/mol. The molecule has 0 aliphatic heterocycles. The molecule has 0 heterocycles. The first kappa shape index (κ1) is 47.2. The molecule has 0 aromatic carbocycles. The Hall–Kier alpha value is -2.75. The number of carbonyl (C=O) groups is 3. The summed E-state index contributed by atoms with van der Waals surface area (Å²) in [6, 6.07) is 1.18.